The highest BCUT2D eigenvalue weighted by Crippen LogP contribution is 2.72. The van der Waals surface area contributed by atoms with Gasteiger partial charge in [0.1, 0.15) is 48.1 Å². The van der Waals surface area contributed by atoms with Crippen LogP contribution in [0.15, 0.2) is 25.3 Å². The number of nitrogens with zero attached hydrogens (tertiary/aromatic N) is 8. The first kappa shape index (κ1) is 27.6. The van der Waals surface area contributed by atoms with Crippen LogP contribution in [0.5, 0.6) is 0 Å². The van der Waals surface area contributed by atoms with Crippen molar-refractivity contribution in [2.24, 2.45) is 0 Å². The van der Waals surface area contributed by atoms with Crippen molar-refractivity contribution < 1.29 is 41.3 Å². The molecule has 1 aliphatic carbocycles. The SMILES string of the molecule is Nc1ncnc2c1ncn2[C@@H]1O[C@@H]2CO[P+](=O)O[C@H]3[C@H](n4cnc5c(N)ncnc54)OC4(C[C@@H]4P(O)(=S)O[C@@H]1[C@@H]2F)[C@H]3F. The molecular formula is C21H21F2N10O7P2S+. The number of rotatable bonds is 2. The first-order valence-corrected chi connectivity index (χ1v) is 16.7. The minimum atomic E-state index is -4.01. The molecule has 1 saturated carbocycles. The fourth-order valence-corrected chi connectivity index (χ4v) is 9.73. The monoisotopic (exact) mass is 657 g/mol. The minimum Gasteiger partial charge on any atom is -0.382 e. The molecule has 22 heteroatoms. The molecule has 0 aromatic carbocycles. The lowest BCUT2D eigenvalue weighted by atomic mass is 10.1. The van der Waals surface area contributed by atoms with E-state index in [1.807, 2.05) is 0 Å². The zero-order valence-corrected chi connectivity index (χ0v) is 24.1. The summed E-state index contributed by atoms with van der Waals surface area (Å²) in [5.74, 6) is 0.159. The Morgan fingerprint density at radius 3 is 2.28 bits per heavy atom. The van der Waals surface area contributed by atoms with Gasteiger partial charge in [0.05, 0.1) is 18.3 Å². The third-order valence-electron chi connectivity index (χ3n) is 8.10. The maximum atomic E-state index is 16.3. The zero-order chi connectivity index (χ0) is 29.8. The van der Waals surface area contributed by atoms with E-state index in [4.69, 9.17) is 46.3 Å². The van der Waals surface area contributed by atoms with Crippen LogP contribution in [0.1, 0.15) is 18.9 Å². The Hall–Kier alpha value is -2.93. The molecular weight excluding hydrogens is 636 g/mol. The van der Waals surface area contributed by atoms with E-state index >= 15 is 8.78 Å². The van der Waals surface area contributed by atoms with Gasteiger partial charge in [-0.3, -0.25) is 9.13 Å². The third-order valence-corrected chi connectivity index (χ3v) is 11.8. The summed E-state index contributed by atoms with van der Waals surface area (Å²) in [7, 11) is -3.03. The van der Waals surface area contributed by atoms with Gasteiger partial charge in [-0.1, -0.05) is 0 Å². The normalized spacial score (nSPS) is 40.2. The van der Waals surface area contributed by atoms with Crippen LogP contribution < -0.4 is 11.5 Å². The van der Waals surface area contributed by atoms with Gasteiger partial charge in [0.2, 0.25) is 0 Å². The van der Waals surface area contributed by atoms with Gasteiger partial charge in [-0.2, -0.15) is 0 Å². The first-order chi connectivity index (χ1) is 20.6. The Bertz CT molecular complexity index is 1850. The van der Waals surface area contributed by atoms with Crippen LogP contribution in [0.4, 0.5) is 20.4 Å². The second-order valence-corrected chi connectivity index (χ2v) is 14.9. The average Bonchev–Trinajstić information content (AvgIpc) is 3.24. The van der Waals surface area contributed by atoms with E-state index < -0.39 is 75.7 Å². The molecule has 4 aromatic heterocycles. The van der Waals surface area contributed by atoms with Crippen LogP contribution in [0, 0.1) is 0 Å². The zero-order valence-electron chi connectivity index (χ0n) is 21.5. The highest BCUT2D eigenvalue weighted by molar-refractivity contribution is 8.10. The largest absolute Gasteiger partial charge is 0.698 e. The van der Waals surface area contributed by atoms with E-state index in [0.29, 0.717) is 0 Å². The average molecular weight is 657 g/mol. The summed E-state index contributed by atoms with van der Waals surface area (Å²) < 4.78 is 76.9. The Labute approximate surface area is 245 Å². The highest BCUT2D eigenvalue weighted by atomic mass is 32.5. The van der Waals surface area contributed by atoms with Gasteiger partial charge in [0.25, 0.3) is 0 Å². The Kier molecular flexibility index (Phi) is 6.12. The molecule has 0 amide bonds. The molecule has 4 fully saturated rings. The van der Waals surface area contributed by atoms with Gasteiger partial charge in [-0.25, -0.2) is 38.7 Å². The van der Waals surface area contributed by atoms with E-state index in [1.54, 1.807) is 0 Å². The number of halogens is 2. The maximum absolute atomic E-state index is 16.3. The number of imidazole rings is 2. The van der Waals surface area contributed by atoms with E-state index in [1.165, 1.54) is 34.4 Å². The fraction of sp³-hybridized carbons (Fsp3) is 0.524. The van der Waals surface area contributed by atoms with Crippen LogP contribution in [0.25, 0.3) is 22.3 Å². The Morgan fingerprint density at radius 2 is 1.63 bits per heavy atom. The Balaban J connectivity index is 1.17. The molecule has 3 unspecified atom stereocenters. The van der Waals surface area contributed by atoms with Crippen LogP contribution in [0.2, 0.25) is 0 Å². The fourth-order valence-electron chi connectivity index (χ4n) is 5.95. The van der Waals surface area contributed by atoms with Gasteiger partial charge in [0.15, 0.2) is 60.3 Å². The molecule has 5 N–H and O–H groups in total. The second kappa shape index (κ2) is 9.53. The van der Waals surface area contributed by atoms with E-state index in [9.17, 15) is 9.46 Å². The maximum Gasteiger partial charge on any atom is 0.698 e. The van der Waals surface area contributed by atoms with Gasteiger partial charge in [0, 0.05) is 4.57 Å². The van der Waals surface area contributed by atoms with Crippen molar-refractivity contribution in [2.75, 3.05) is 18.1 Å². The molecule has 7 heterocycles. The summed E-state index contributed by atoms with van der Waals surface area (Å²) in [5.41, 5.74) is 9.89. The van der Waals surface area contributed by atoms with Crippen LogP contribution >= 0.6 is 14.7 Å². The quantitative estimate of drug-likeness (QED) is 0.258. The lowest BCUT2D eigenvalue weighted by molar-refractivity contribution is -0.0471. The number of anilines is 2. The molecule has 4 aliphatic rings. The van der Waals surface area contributed by atoms with Crippen molar-refractivity contribution in [2.45, 2.75) is 60.8 Å². The summed E-state index contributed by atoms with van der Waals surface area (Å²) >= 11 is 5.52. The summed E-state index contributed by atoms with van der Waals surface area (Å²) in [6.07, 6.45) is -5.88. The number of fused-ring (bicyclic) bond motifs is 5. The van der Waals surface area contributed by atoms with Gasteiger partial charge in [-0.05, 0) is 18.2 Å². The number of ether oxygens (including phenoxy) is 2. The van der Waals surface area contributed by atoms with Gasteiger partial charge < -0.3 is 30.4 Å². The predicted molar refractivity (Wildman–Crippen MR) is 144 cm³/mol. The van der Waals surface area contributed by atoms with Gasteiger partial charge >= 0.3 is 8.25 Å². The number of nitrogen functional groups attached to an aromatic ring is 2. The number of nitrogens with two attached hydrogens (primary N) is 2. The van der Waals surface area contributed by atoms with E-state index in [2.05, 4.69) is 29.9 Å². The number of aromatic nitrogens is 8. The summed E-state index contributed by atoms with van der Waals surface area (Å²) in [4.78, 5) is 36.0. The number of alkyl halides is 2. The van der Waals surface area contributed by atoms with Crippen molar-refractivity contribution >= 4 is 60.5 Å². The van der Waals surface area contributed by atoms with Crippen molar-refractivity contribution in [3.63, 3.8) is 0 Å². The molecule has 4 bridgehead atoms. The third kappa shape index (κ3) is 4.05. The smallest absolute Gasteiger partial charge is 0.382 e. The molecule has 3 aliphatic heterocycles. The van der Waals surface area contributed by atoms with E-state index in [0.717, 1.165) is 0 Å². The van der Waals surface area contributed by atoms with Crippen LogP contribution in [-0.4, -0.2) is 92.5 Å². The molecule has 226 valence electrons. The first-order valence-electron chi connectivity index (χ1n) is 12.8. The number of hydrogen-bond donors (Lipinski definition) is 3. The highest BCUT2D eigenvalue weighted by Gasteiger charge is 2.76. The predicted octanol–water partition coefficient (Wildman–Crippen LogP) is 1.20. The number of hydrogen-bond acceptors (Lipinski definition) is 15. The second-order valence-electron chi connectivity index (χ2n) is 10.5. The van der Waals surface area contributed by atoms with E-state index in [-0.39, 0.29) is 40.4 Å². The van der Waals surface area contributed by atoms with Crippen molar-refractivity contribution in [1.29, 1.82) is 0 Å². The Morgan fingerprint density at radius 1 is 1.00 bits per heavy atom. The lowest BCUT2D eigenvalue weighted by Crippen LogP contribution is -2.33. The molecule has 0 radical (unpaired) electrons. The van der Waals surface area contributed by atoms with Crippen molar-refractivity contribution in [1.82, 2.24) is 39.0 Å². The van der Waals surface area contributed by atoms with Crippen LogP contribution in [0.3, 0.4) is 0 Å². The molecule has 11 atom stereocenters. The standard InChI is InChI=1S/C21H20F2N10O7P2S/c22-9-7-2-36-41(34)39-13-14(23)21(38-20(13)33-6-31-11-16(25)27-4-29-18(11)33)1-8(21)42(35,43)40-12(9)19(37-7)32-5-30-10-15(24)26-3-28-17(10)32/h3-9,12-14,19-20H,1-2H2,(H4-,24,25,26,27,28,29,35,43)/p+1/t7-,8+,9-,12-,13-,14+,19-,20-,21?,42?/m1/s1. The topological polar surface area (TPSA) is 223 Å². The molecule has 1 spiro atoms. The molecule has 43 heavy (non-hydrogen) atoms. The van der Waals surface area contributed by atoms with Crippen molar-refractivity contribution in [3.8, 4) is 0 Å². The van der Waals surface area contributed by atoms with Crippen LogP contribution in [-0.2, 0) is 39.4 Å². The molecule has 4 aromatic rings. The summed E-state index contributed by atoms with van der Waals surface area (Å²) in [6.45, 7) is -4.59. The lowest BCUT2D eigenvalue weighted by Gasteiger charge is -2.27. The van der Waals surface area contributed by atoms with Crippen molar-refractivity contribution in [3.05, 3.63) is 25.3 Å². The summed E-state index contributed by atoms with van der Waals surface area (Å²) in [6, 6.07) is 0. The minimum absolute atomic E-state index is 0.0793. The molecule has 17 nitrogen and oxygen atoms in total. The summed E-state index contributed by atoms with van der Waals surface area (Å²) in [5, 5.41) is 0. The molecule has 8 rings (SSSR count). The molecule has 3 saturated heterocycles. The van der Waals surface area contributed by atoms with Gasteiger partial charge in [-0.15, -0.1) is 9.05 Å².